The van der Waals surface area contributed by atoms with E-state index < -0.39 is 0 Å². The van der Waals surface area contributed by atoms with Gasteiger partial charge >= 0.3 is 0 Å². The van der Waals surface area contributed by atoms with Crippen molar-refractivity contribution >= 4 is 11.6 Å². The maximum Gasteiger partial charge on any atom is 0.147 e. The molecule has 1 aliphatic carbocycles. The van der Waals surface area contributed by atoms with Gasteiger partial charge in [0.2, 0.25) is 0 Å². The third-order valence-electron chi connectivity index (χ3n) is 5.57. The highest BCUT2D eigenvalue weighted by Crippen LogP contribution is 2.27. The van der Waals surface area contributed by atoms with E-state index in [0.717, 1.165) is 62.2 Å². The van der Waals surface area contributed by atoms with Crippen molar-refractivity contribution in [1.82, 2.24) is 9.97 Å². The lowest BCUT2D eigenvalue weighted by Gasteiger charge is -2.34. The van der Waals surface area contributed by atoms with E-state index in [-0.39, 0.29) is 0 Å². The van der Waals surface area contributed by atoms with E-state index in [1.807, 2.05) is 12.4 Å². The molecule has 3 rings (SSSR count). The van der Waals surface area contributed by atoms with Crippen molar-refractivity contribution in [2.45, 2.75) is 64.5 Å². The summed E-state index contributed by atoms with van der Waals surface area (Å²) in [5, 5.41) is 3.51. The third-order valence-corrected chi connectivity index (χ3v) is 5.57. The normalized spacial score (nSPS) is 26.5. The number of anilines is 2. The minimum atomic E-state index is 0.385. The second-order valence-corrected chi connectivity index (χ2v) is 7.58. The molecule has 0 bridgehead atoms. The summed E-state index contributed by atoms with van der Waals surface area (Å²) in [5.74, 6) is 3.56. The molecule has 2 aliphatic rings. The summed E-state index contributed by atoms with van der Waals surface area (Å²) >= 11 is 0. The summed E-state index contributed by atoms with van der Waals surface area (Å²) in [7, 11) is 0. The molecule has 5 nitrogen and oxygen atoms in total. The summed E-state index contributed by atoms with van der Waals surface area (Å²) in [6.45, 7) is 6.87. The monoisotopic (exact) mass is 317 g/mol. The average molecular weight is 317 g/mol. The van der Waals surface area contributed by atoms with Crippen molar-refractivity contribution in [3.63, 3.8) is 0 Å². The van der Waals surface area contributed by atoms with Crippen LogP contribution in [0.15, 0.2) is 12.4 Å². The van der Waals surface area contributed by atoms with E-state index in [9.17, 15) is 0 Å². The first-order valence-electron chi connectivity index (χ1n) is 9.21. The molecule has 1 saturated heterocycles. The zero-order chi connectivity index (χ0) is 16.2. The molecule has 2 heterocycles. The lowest BCUT2D eigenvalue weighted by Crippen LogP contribution is -2.36. The maximum atomic E-state index is 5.96. The summed E-state index contributed by atoms with van der Waals surface area (Å²) in [6, 6.07) is 0.881. The second-order valence-electron chi connectivity index (χ2n) is 7.58. The van der Waals surface area contributed by atoms with Gasteiger partial charge in [-0.2, -0.15) is 0 Å². The van der Waals surface area contributed by atoms with Crippen LogP contribution in [0.25, 0.3) is 0 Å². The van der Waals surface area contributed by atoms with Gasteiger partial charge in [0.1, 0.15) is 11.6 Å². The number of rotatable bonds is 4. The highest BCUT2D eigenvalue weighted by molar-refractivity contribution is 5.42. The van der Waals surface area contributed by atoms with E-state index in [1.54, 1.807) is 0 Å². The molecule has 128 valence electrons. The van der Waals surface area contributed by atoms with E-state index in [1.165, 1.54) is 12.8 Å². The Labute approximate surface area is 140 Å². The Hall–Kier alpha value is -1.36. The number of piperidine rings is 1. The third kappa shape index (κ3) is 4.34. The van der Waals surface area contributed by atoms with Gasteiger partial charge in [-0.15, -0.1) is 0 Å². The predicted molar refractivity (Wildman–Crippen MR) is 95.7 cm³/mol. The molecule has 0 unspecified atom stereocenters. The Balaban J connectivity index is 1.51. The Morgan fingerprint density at radius 3 is 2.30 bits per heavy atom. The fourth-order valence-electron chi connectivity index (χ4n) is 3.83. The molecular formula is C18H31N5. The first-order chi connectivity index (χ1) is 11.1. The van der Waals surface area contributed by atoms with Crippen molar-refractivity contribution in [3.8, 4) is 0 Å². The predicted octanol–water partition coefficient (Wildman–Crippen LogP) is 3.03. The molecule has 1 aliphatic heterocycles. The smallest absolute Gasteiger partial charge is 0.147 e. The molecular weight excluding hydrogens is 286 g/mol. The Kier molecular flexibility index (Phi) is 5.36. The lowest BCUT2D eigenvalue weighted by atomic mass is 9.87. The summed E-state index contributed by atoms with van der Waals surface area (Å²) < 4.78 is 0. The summed E-state index contributed by atoms with van der Waals surface area (Å²) in [5.41, 5.74) is 5.96. The van der Waals surface area contributed by atoms with E-state index in [4.69, 9.17) is 5.73 Å². The molecule has 1 aromatic rings. The molecule has 2 fully saturated rings. The molecule has 0 amide bonds. The summed E-state index contributed by atoms with van der Waals surface area (Å²) in [6.07, 6.45) is 10.8. The van der Waals surface area contributed by atoms with Crippen LogP contribution in [-0.4, -0.2) is 35.1 Å². The van der Waals surface area contributed by atoms with Crippen LogP contribution < -0.4 is 16.0 Å². The number of aromatic nitrogens is 2. The van der Waals surface area contributed by atoms with Gasteiger partial charge in [0, 0.05) is 25.2 Å². The Morgan fingerprint density at radius 1 is 1.04 bits per heavy atom. The van der Waals surface area contributed by atoms with E-state index in [0.29, 0.717) is 12.1 Å². The van der Waals surface area contributed by atoms with Crippen molar-refractivity contribution in [1.29, 1.82) is 0 Å². The molecule has 3 N–H and O–H groups in total. The fraction of sp³-hybridized carbons (Fsp3) is 0.778. The number of hydrogen-bond donors (Lipinski definition) is 2. The van der Waals surface area contributed by atoms with Gasteiger partial charge in [0.05, 0.1) is 12.4 Å². The van der Waals surface area contributed by atoms with Gasteiger partial charge in [-0.25, -0.2) is 9.97 Å². The van der Waals surface area contributed by atoms with Crippen molar-refractivity contribution in [2.24, 2.45) is 17.6 Å². The van der Waals surface area contributed by atoms with Gasteiger partial charge in [-0.3, -0.25) is 0 Å². The van der Waals surface area contributed by atoms with Gasteiger partial charge in [-0.1, -0.05) is 13.8 Å². The molecule has 5 heteroatoms. The van der Waals surface area contributed by atoms with Crippen molar-refractivity contribution < 1.29 is 0 Å². The Morgan fingerprint density at radius 2 is 1.74 bits per heavy atom. The van der Waals surface area contributed by atoms with Crippen LogP contribution in [-0.2, 0) is 0 Å². The first-order valence-corrected chi connectivity index (χ1v) is 9.21. The van der Waals surface area contributed by atoms with Crippen LogP contribution in [0, 0.1) is 11.8 Å². The average Bonchev–Trinajstić information content (AvgIpc) is 2.58. The molecule has 0 atom stereocenters. The topological polar surface area (TPSA) is 67.1 Å². The number of hydrogen-bond acceptors (Lipinski definition) is 5. The highest BCUT2D eigenvalue weighted by atomic mass is 15.2. The minimum absolute atomic E-state index is 0.385. The van der Waals surface area contributed by atoms with Crippen LogP contribution in [0.3, 0.4) is 0 Å². The van der Waals surface area contributed by atoms with Crippen LogP contribution in [0.5, 0.6) is 0 Å². The SMILES string of the molecule is CC(C)C1CCN(c2cnc(NC3CCC(N)CC3)cn2)CC1. The first kappa shape index (κ1) is 16.5. The standard InChI is InChI=1S/C18H31N5/c1-13(2)14-7-9-23(10-8-14)18-12-20-17(11-21-18)22-16-5-3-15(19)4-6-16/h11-16H,3-10,19H2,1-2H3,(H,20,22). The minimum Gasteiger partial charge on any atom is -0.366 e. The maximum absolute atomic E-state index is 5.96. The molecule has 0 radical (unpaired) electrons. The fourth-order valence-corrected chi connectivity index (χ4v) is 3.83. The van der Waals surface area contributed by atoms with Crippen LogP contribution >= 0.6 is 0 Å². The highest BCUT2D eigenvalue weighted by Gasteiger charge is 2.23. The Bertz CT molecular complexity index is 471. The van der Waals surface area contributed by atoms with E-state index >= 15 is 0 Å². The quantitative estimate of drug-likeness (QED) is 0.893. The lowest BCUT2D eigenvalue weighted by molar-refractivity contribution is 0.310. The van der Waals surface area contributed by atoms with E-state index in [2.05, 4.69) is 34.0 Å². The van der Waals surface area contributed by atoms with Crippen molar-refractivity contribution in [2.75, 3.05) is 23.3 Å². The van der Waals surface area contributed by atoms with Crippen LogP contribution in [0.2, 0.25) is 0 Å². The van der Waals surface area contributed by atoms with Gasteiger partial charge in [0.15, 0.2) is 0 Å². The van der Waals surface area contributed by atoms with Crippen molar-refractivity contribution in [3.05, 3.63) is 12.4 Å². The molecule has 0 aromatic carbocycles. The number of nitrogens with one attached hydrogen (secondary N) is 1. The number of nitrogens with zero attached hydrogens (tertiary/aromatic N) is 3. The molecule has 23 heavy (non-hydrogen) atoms. The molecule has 1 aromatic heterocycles. The van der Waals surface area contributed by atoms with Gasteiger partial charge in [-0.05, 0) is 50.4 Å². The van der Waals surface area contributed by atoms with Gasteiger partial charge in [0.25, 0.3) is 0 Å². The molecule has 1 saturated carbocycles. The second kappa shape index (κ2) is 7.47. The van der Waals surface area contributed by atoms with Crippen LogP contribution in [0.1, 0.15) is 52.4 Å². The largest absolute Gasteiger partial charge is 0.366 e. The van der Waals surface area contributed by atoms with Crippen LogP contribution in [0.4, 0.5) is 11.6 Å². The molecule has 0 spiro atoms. The zero-order valence-corrected chi connectivity index (χ0v) is 14.5. The summed E-state index contributed by atoms with van der Waals surface area (Å²) in [4.78, 5) is 11.6. The van der Waals surface area contributed by atoms with Gasteiger partial charge < -0.3 is 16.0 Å². The zero-order valence-electron chi connectivity index (χ0n) is 14.5. The number of nitrogens with two attached hydrogens (primary N) is 1.